The number of hydrogen-bond acceptors (Lipinski definition) is 4. The van der Waals surface area contributed by atoms with Crippen LogP contribution in [0, 0.1) is 102 Å². The SMILES string of the molecule is CC#CC#COc1ccc(/C=C/c2cc(C)c(-c3ccc(N(c4ccc(-c5cc(C)c(/C=C/c6ccc(C)cc6)cc5C)cc4)c4ccc(-c5cc(C)c(/C=C/c6ccc(OC#CC#CC)cc6)cc5C)cc4)cc3)cc2C)cc1.CCC(C)CO. The Hall–Kier alpha value is -10.2. The van der Waals surface area contributed by atoms with Gasteiger partial charge >= 0.3 is 0 Å². The van der Waals surface area contributed by atoms with Crippen molar-refractivity contribution in [2.24, 2.45) is 5.92 Å². The van der Waals surface area contributed by atoms with Crippen LogP contribution in [0.2, 0.25) is 0 Å². The first kappa shape index (κ1) is 61.9. The molecule has 0 amide bonds. The van der Waals surface area contributed by atoms with E-state index >= 15 is 0 Å². The van der Waals surface area contributed by atoms with Gasteiger partial charge < -0.3 is 19.5 Å². The fraction of sp³-hybridized carbons (Fsp3) is 0.171. The van der Waals surface area contributed by atoms with Gasteiger partial charge in [-0.3, -0.25) is 0 Å². The normalized spacial score (nSPS) is 11.0. The molecule has 0 aliphatic carbocycles. The third-order valence-corrected chi connectivity index (χ3v) is 15.2. The van der Waals surface area contributed by atoms with Crippen molar-refractivity contribution in [3.05, 3.63) is 254 Å². The Morgan fingerprint density at radius 2 is 0.709 bits per heavy atom. The molecule has 0 aromatic heterocycles. The maximum Gasteiger partial charge on any atom is 0.140 e. The molecule has 4 nitrogen and oxygen atoms in total. The summed E-state index contributed by atoms with van der Waals surface area (Å²) in [7, 11) is 0. The van der Waals surface area contributed by atoms with Crippen LogP contribution in [0.15, 0.2) is 182 Å². The van der Waals surface area contributed by atoms with Crippen molar-refractivity contribution in [3.8, 4) is 92.6 Å². The average molecular weight is 1120 g/mol. The number of aliphatic hydroxyl groups is 1. The summed E-state index contributed by atoms with van der Waals surface area (Å²) < 4.78 is 11.0. The molecule has 9 aromatic rings. The van der Waals surface area contributed by atoms with E-state index in [0.717, 1.165) is 34.6 Å². The molecule has 9 aromatic carbocycles. The molecule has 9 rings (SSSR count). The number of aliphatic hydroxyl groups excluding tert-OH is 1. The highest BCUT2D eigenvalue weighted by atomic mass is 16.5. The highest BCUT2D eigenvalue weighted by Gasteiger charge is 2.16. The molecule has 4 heteroatoms. The van der Waals surface area contributed by atoms with Crippen LogP contribution in [0.5, 0.6) is 11.5 Å². The molecule has 1 N–H and O–H groups in total. The fourth-order valence-electron chi connectivity index (χ4n) is 9.81. The van der Waals surface area contributed by atoms with Gasteiger partial charge in [0.05, 0.1) is 0 Å². The molecule has 0 saturated carbocycles. The summed E-state index contributed by atoms with van der Waals surface area (Å²) in [6.45, 7) is 23.2. The summed E-state index contributed by atoms with van der Waals surface area (Å²) in [6, 6.07) is 65.2. The number of nitrogens with zero attached hydrogens (tertiary/aromatic N) is 1. The van der Waals surface area contributed by atoms with Crippen LogP contribution < -0.4 is 14.4 Å². The van der Waals surface area contributed by atoms with Crippen molar-refractivity contribution < 1.29 is 14.6 Å². The molecule has 1 atom stereocenters. The summed E-state index contributed by atoms with van der Waals surface area (Å²) in [5.74, 6) is 18.1. The number of anilines is 3. The van der Waals surface area contributed by atoms with E-state index in [1.807, 2.05) is 55.5 Å². The van der Waals surface area contributed by atoms with E-state index in [2.05, 4.69) is 278 Å². The zero-order valence-electron chi connectivity index (χ0n) is 51.5. The minimum Gasteiger partial charge on any atom is -0.407 e. The van der Waals surface area contributed by atoms with Crippen molar-refractivity contribution in [1.82, 2.24) is 0 Å². The quantitative estimate of drug-likeness (QED) is 0.0773. The Labute approximate surface area is 512 Å². The standard InChI is InChI=1S/C77H63NO2.C5H12O/c1-10-12-14-46-79-73-42-23-62(24-43-73)21-28-68-49-59(8)76(52-56(68)5)65-32-38-71(39-33-65)78(70-36-30-64(31-37-70)75-51-55(4)67(48-58(75)7)27-20-61-18-16-54(3)17-19-61)72-40-34-66(35-41-72)77-53-57(6)69(50-60(77)9)29-22-63-25-44-74(45-26-63)80-47-15-13-11-2;1-3-5(2)4-6/h16-45,48-53H,1-9H3;5-6H,3-4H2,1-2H3/b27-20+,28-21+,29-22+;. The maximum absolute atomic E-state index is 8.33. The van der Waals surface area contributed by atoms with Crippen LogP contribution >= 0.6 is 0 Å². The molecule has 0 bridgehead atoms. The molecule has 0 saturated heterocycles. The van der Waals surface area contributed by atoms with Crippen molar-refractivity contribution in [1.29, 1.82) is 0 Å². The third-order valence-electron chi connectivity index (χ3n) is 15.2. The molecule has 0 aliphatic rings. The highest BCUT2D eigenvalue weighted by Crippen LogP contribution is 2.40. The topological polar surface area (TPSA) is 41.9 Å². The lowest BCUT2D eigenvalue weighted by Crippen LogP contribution is -2.10. The Morgan fingerprint density at radius 3 is 0.988 bits per heavy atom. The van der Waals surface area contributed by atoms with E-state index in [0.29, 0.717) is 24.0 Å². The summed E-state index contributed by atoms with van der Waals surface area (Å²) in [5, 5.41) is 8.33. The zero-order chi connectivity index (χ0) is 61.0. The van der Waals surface area contributed by atoms with Crippen molar-refractivity contribution >= 4 is 53.5 Å². The number of ether oxygens (including phenoxy) is 2. The lowest BCUT2D eigenvalue weighted by Gasteiger charge is -2.26. The number of aryl methyl sites for hydroxylation is 7. The Morgan fingerprint density at radius 1 is 0.395 bits per heavy atom. The number of rotatable bonds is 16. The molecule has 426 valence electrons. The Balaban J connectivity index is 0.00000152. The lowest BCUT2D eigenvalue weighted by atomic mass is 9.93. The lowest BCUT2D eigenvalue weighted by molar-refractivity contribution is 0.234. The Kier molecular flexibility index (Phi) is 21.9. The van der Waals surface area contributed by atoms with Crippen LogP contribution in [0.1, 0.15) is 106 Å². The van der Waals surface area contributed by atoms with E-state index < -0.39 is 0 Å². The van der Waals surface area contributed by atoms with Crippen molar-refractivity contribution in [3.63, 3.8) is 0 Å². The zero-order valence-corrected chi connectivity index (χ0v) is 51.5. The largest absolute Gasteiger partial charge is 0.407 e. The second kappa shape index (κ2) is 30.4. The van der Waals surface area contributed by atoms with Crippen LogP contribution in [-0.2, 0) is 0 Å². The van der Waals surface area contributed by atoms with E-state index in [-0.39, 0.29) is 0 Å². The molecule has 0 heterocycles. The van der Waals surface area contributed by atoms with Gasteiger partial charge in [-0.05, 0) is 241 Å². The van der Waals surface area contributed by atoms with Gasteiger partial charge in [-0.15, -0.1) is 0 Å². The molecule has 0 aliphatic heterocycles. The van der Waals surface area contributed by atoms with Crippen LogP contribution in [0.25, 0.3) is 69.8 Å². The Bertz CT molecular complexity index is 3950. The summed E-state index contributed by atoms with van der Waals surface area (Å²) >= 11 is 0. The predicted octanol–water partition coefficient (Wildman–Crippen LogP) is 20.6. The van der Waals surface area contributed by atoms with Crippen LogP contribution in [-0.4, -0.2) is 11.7 Å². The minimum atomic E-state index is 0.330. The van der Waals surface area contributed by atoms with E-state index in [9.17, 15) is 0 Å². The van der Waals surface area contributed by atoms with Gasteiger partial charge in [-0.25, -0.2) is 0 Å². The van der Waals surface area contributed by atoms with E-state index in [1.165, 1.54) is 94.6 Å². The van der Waals surface area contributed by atoms with Gasteiger partial charge in [0, 0.05) is 35.5 Å². The van der Waals surface area contributed by atoms with Crippen LogP contribution in [0.3, 0.4) is 0 Å². The van der Waals surface area contributed by atoms with E-state index in [1.54, 1.807) is 13.8 Å². The molecule has 1 unspecified atom stereocenters. The molecule has 86 heavy (non-hydrogen) atoms. The first-order valence-corrected chi connectivity index (χ1v) is 29.3. The summed E-state index contributed by atoms with van der Waals surface area (Å²) in [6.07, 6.45) is 19.4. The molecule has 0 fully saturated rings. The first-order chi connectivity index (χ1) is 41.7. The highest BCUT2D eigenvalue weighted by molar-refractivity contribution is 5.84. The van der Waals surface area contributed by atoms with Gasteiger partial charge in [-0.1, -0.05) is 195 Å². The van der Waals surface area contributed by atoms with Crippen molar-refractivity contribution in [2.45, 2.75) is 82.6 Å². The second-order valence-corrected chi connectivity index (χ2v) is 21.7. The maximum atomic E-state index is 8.33. The van der Waals surface area contributed by atoms with Gasteiger partial charge in [0.1, 0.15) is 23.7 Å². The minimum absolute atomic E-state index is 0.330. The molecular weight excluding hydrogens is 1050 g/mol. The summed E-state index contributed by atoms with van der Waals surface area (Å²) in [5.41, 5.74) is 25.9. The number of benzene rings is 9. The first-order valence-electron chi connectivity index (χ1n) is 29.3. The summed E-state index contributed by atoms with van der Waals surface area (Å²) in [4.78, 5) is 2.35. The van der Waals surface area contributed by atoms with Gasteiger partial charge in [-0.2, -0.15) is 0 Å². The van der Waals surface area contributed by atoms with Gasteiger partial charge in [0.15, 0.2) is 0 Å². The molecular formula is C82H75NO3. The van der Waals surface area contributed by atoms with E-state index in [4.69, 9.17) is 14.6 Å². The van der Waals surface area contributed by atoms with Gasteiger partial charge in [0.25, 0.3) is 0 Å². The average Bonchev–Trinajstić information content (AvgIpc) is 2.38. The molecule has 0 radical (unpaired) electrons. The number of hydrogen-bond donors (Lipinski definition) is 1. The van der Waals surface area contributed by atoms with Gasteiger partial charge in [0.2, 0.25) is 0 Å². The van der Waals surface area contributed by atoms with Crippen LogP contribution in [0.4, 0.5) is 17.1 Å². The molecule has 0 spiro atoms. The smallest absolute Gasteiger partial charge is 0.140 e. The third kappa shape index (κ3) is 16.8. The second-order valence-electron chi connectivity index (χ2n) is 21.7. The van der Waals surface area contributed by atoms with Crippen molar-refractivity contribution in [2.75, 3.05) is 11.5 Å². The monoisotopic (exact) mass is 1120 g/mol. The predicted molar refractivity (Wildman–Crippen MR) is 367 cm³/mol. The fourth-order valence-corrected chi connectivity index (χ4v) is 9.81.